The monoisotopic (exact) mass is 195 g/mol. The van der Waals surface area contributed by atoms with E-state index in [1.807, 2.05) is 0 Å². The Labute approximate surface area is 81.5 Å². The number of aromatic nitrogens is 2. The van der Waals surface area contributed by atoms with E-state index < -0.39 is 0 Å². The van der Waals surface area contributed by atoms with Gasteiger partial charge in [0, 0.05) is 12.7 Å². The molecule has 1 aromatic rings. The molecule has 0 aromatic carbocycles. The Morgan fingerprint density at radius 3 is 3.14 bits per heavy atom. The number of rotatable bonds is 2. The quantitative estimate of drug-likeness (QED) is 0.715. The molecule has 1 unspecified atom stereocenters. The van der Waals surface area contributed by atoms with Crippen molar-refractivity contribution in [3.63, 3.8) is 0 Å². The number of nitrogens with one attached hydrogen (secondary N) is 2. The maximum absolute atomic E-state index is 10.7. The van der Waals surface area contributed by atoms with Gasteiger partial charge in [0.25, 0.3) is 5.56 Å². The zero-order valence-corrected chi connectivity index (χ0v) is 7.82. The van der Waals surface area contributed by atoms with E-state index in [1.165, 1.54) is 6.07 Å². The molecule has 1 fully saturated rings. The summed E-state index contributed by atoms with van der Waals surface area (Å²) >= 11 is 0. The normalized spacial score (nSPS) is 21.9. The van der Waals surface area contributed by atoms with Crippen molar-refractivity contribution < 1.29 is 4.74 Å². The van der Waals surface area contributed by atoms with Crippen LogP contribution in [-0.2, 0) is 4.74 Å². The molecule has 1 aliphatic heterocycles. The van der Waals surface area contributed by atoms with Crippen LogP contribution in [0.15, 0.2) is 16.9 Å². The van der Waals surface area contributed by atoms with Crippen molar-refractivity contribution in [1.29, 1.82) is 0 Å². The molecule has 5 nitrogen and oxygen atoms in total. The van der Waals surface area contributed by atoms with E-state index in [9.17, 15) is 4.79 Å². The van der Waals surface area contributed by atoms with Crippen molar-refractivity contribution in [3.05, 3.63) is 22.5 Å². The van der Waals surface area contributed by atoms with Gasteiger partial charge in [-0.2, -0.15) is 5.10 Å². The van der Waals surface area contributed by atoms with Gasteiger partial charge in [0.15, 0.2) is 0 Å². The highest BCUT2D eigenvalue weighted by Gasteiger charge is 2.13. The first kappa shape index (κ1) is 9.21. The lowest BCUT2D eigenvalue weighted by molar-refractivity contribution is 0.0875. The fourth-order valence-electron chi connectivity index (χ4n) is 1.49. The van der Waals surface area contributed by atoms with E-state index in [1.54, 1.807) is 6.07 Å². The highest BCUT2D eigenvalue weighted by molar-refractivity contribution is 5.32. The van der Waals surface area contributed by atoms with Gasteiger partial charge in [-0.15, -0.1) is 0 Å². The predicted molar refractivity (Wildman–Crippen MR) is 52.3 cm³/mol. The standard InChI is InChI=1S/C9H13N3O2/c13-9-4-3-8(11-12-9)10-7-2-1-5-14-6-7/h3-4,7H,1-2,5-6H2,(H,10,11)(H,12,13). The van der Waals surface area contributed by atoms with Crippen LogP contribution in [0.4, 0.5) is 5.82 Å². The molecule has 0 radical (unpaired) electrons. The maximum Gasteiger partial charge on any atom is 0.264 e. The molecule has 14 heavy (non-hydrogen) atoms. The van der Waals surface area contributed by atoms with E-state index in [0.717, 1.165) is 19.4 Å². The van der Waals surface area contributed by atoms with E-state index in [0.29, 0.717) is 18.5 Å². The number of ether oxygens (including phenoxy) is 1. The fraction of sp³-hybridized carbons (Fsp3) is 0.556. The summed E-state index contributed by atoms with van der Waals surface area (Å²) in [4.78, 5) is 10.7. The number of hydrogen-bond donors (Lipinski definition) is 2. The SMILES string of the molecule is O=c1ccc(NC2CCCOC2)n[nH]1. The largest absolute Gasteiger partial charge is 0.379 e. The Morgan fingerprint density at radius 1 is 1.57 bits per heavy atom. The predicted octanol–water partition coefficient (Wildman–Crippen LogP) is 0.361. The molecule has 5 heteroatoms. The lowest BCUT2D eigenvalue weighted by atomic mass is 10.1. The molecule has 0 bridgehead atoms. The second-order valence-electron chi connectivity index (χ2n) is 3.36. The highest BCUT2D eigenvalue weighted by atomic mass is 16.5. The summed E-state index contributed by atoms with van der Waals surface area (Å²) in [7, 11) is 0. The molecule has 0 spiro atoms. The summed E-state index contributed by atoms with van der Waals surface area (Å²) in [6.07, 6.45) is 2.15. The average Bonchev–Trinajstić information content (AvgIpc) is 2.23. The van der Waals surface area contributed by atoms with Gasteiger partial charge in [-0.25, -0.2) is 5.10 Å². The van der Waals surface area contributed by atoms with Crippen LogP contribution in [0.3, 0.4) is 0 Å². The number of nitrogens with zero attached hydrogens (tertiary/aromatic N) is 1. The molecule has 0 saturated carbocycles. The number of aromatic amines is 1. The molecule has 2 rings (SSSR count). The molecule has 1 atom stereocenters. The zero-order valence-electron chi connectivity index (χ0n) is 7.82. The molecule has 2 heterocycles. The minimum atomic E-state index is -0.185. The van der Waals surface area contributed by atoms with E-state index in [-0.39, 0.29) is 5.56 Å². The minimum Gasteiger partial charge on any atom is -0.379 e. The summed E-state index contributed by atoms with van der Waals surface area (Å²) in [5, 5.41) is 9.45. The highest BCUT2D eigenvalue weighted by Crippen LogP contribution is 2.10. The van der Waals surface area contributed by atoms with Crippen LogP contribution in [0.25, 0.3) is 0 Å². The Bertz CT molecular complexity index is 324. The van der Waals surface area contributed by atoms with E-state index in [2.05, 4.69) is 15.5 Å². The summed E-state index contributed by atoms with van der Waals surface area (Å²) in [5.74, 6) is 0.695. The third kappa shape index (κ3) is 2.32. The molecule has 0 amide bonds. The lowest BCUT2D eigenvalue weighted by Gasteiger charge is -2.23. The summed E-state index contributed by atoms with van der Waals surface area (Å²) in [6, 6.07) is 3.44. The first-order chi connectivity index (χ1) is 6.84. The summed E-state index contributed by atoms with van der Waals surface area (Å²) in [5.41, 5.74) is -0.185. The molecular weight excluding hydrogens is 182 g/mol. The Hall–Kier alpha value is -1.36. The molecule has 1 saturated heterocycles. The van der Waals surface area contributed by atoms with Gasteiger partial charge < -0.3 is 10.1 Å². The molecule has 1 aromatic heterocycles. The zero-order chi connectivity index (χ0) is 9.80. The van der Waals surface area contributed by atoms with Crippen molar-refractivity contribution in [1.82, 2.24) is 10.2 Å². The maximum atomic E-state index is 10.7. The molecule has 1 aliphatic rings. The fourth-order valence-corrected chi connectivity index (χ4v) is 1.49. The first-order valence-corrected chi connectivity index (χ1v) is 4.74. The summed E-state index contributed by atoms with van der Waals surface area (Å²) in [6.45, 7) is 1.55. The van der Waals surface area contributed by atoms with Gasteiger partial charge in [-0.05, 0) is 18.9 Å². The molecule has 2 N–H and O–H groups in total. The van der Waals surface area contributed by atoms with Crippen LogP contribution in [0.2, 0.25) is 0 Å². The number of H-pyrrole nitrogens is 1. The van der Waals surface area contributed by atoms with Crippen molar-refractivity contribution in [2.24, 2.45) is 0 Å². The second-order valence-corrected chi connectivity index (χ2v) is 3.36. The van der Waals surface area contributed by atoms with Crippen LogP contribution >= 0.6 is 0 Å². The lowest BCUT2D eigenvalue weighted by Crippen LogP contribution is -2.30. The van der Waals surface area contributed by atoms with Crippen LogP contribution in [0, 0.1) is 0 Å². The first-order valence-electron chi connectivity index (χ1n) is 4.74. The van der Waals surface area contributed by atoms with Crippen LogP contribution in [-0.4, -0.2) is 29.5 Å². The number of anilines is 1. The molecule has 0 aliphatic carbocycles. The van der Waals surface area contributed by atoms with Gasteiger partial charge in [-0.1, -0.05) is 0 Å². The minimum absolute atomic E-state index is 0.185. The smallest absolute Gasteiger partial charge is 0.264 e. The topological polar surface area (TPSA) is 67.0 Å². The van der Waals surface area contributed by atoms with Gasteiger partial charge in [0.05, 0.1) is 12.6 Å². The van der Waals surface area contributed by atoms with Gasteiger partial charge in [-0.3, -0.25) is 4.79 Å². The second kappa shape index (κ2) is 4.23. The third-order valence-corrected chi connectivity index (χ3v) is 2.19. The average molecular weight is 195 g/mol. The van der Waals surface area contributed by atoms with Gasteiger partial charge in [0.2, 0.25) is 0 Å². The Morgan fingerprint density at radius 2 is 2.50 bits per heavy atom. The van der Waals surface area contributed by atoms with Crippen molar-refractivity contribution >= 4 is 5.82 Å². The van der Waals surface area contributed by atoms with Crippen LogP contribution in [0.5, 0.6) is 0 Å². The van der Waals surface area contributed by atoms with E-state index in [4.69, 9.17) is 4.74 Å². The third-order valence-electron chi connectivity index (χ3n) is 2.19. The van der Waals surface area contributed by atoms with Crippen LogP contribution < -0.4 is 10.9 Å². The Kier molecular flexibility index (Phi) is 2.78. The number of hydrogen-bond acceptors (Lipinski definition) is 4. The van der Waals surface area contributed by atoms with Gasteiger partial charge in [0.1, 0.15) is 5.82 Å². The van der Waals surface area contributed by atoms with Gasteiger partial charge >= 0.3 is 0 Å². The van der Waals surface area contributed by atoms with Crippen LogP contribution in [0.1, 0.15) is 12.8 Å². The van der Waals surface area contributed by atoms with E-state index >= 15 is 0 Å². The van der Waals surface area contributed by atoms with Crippen molar-refractivity contribution in [3.8, 4) is 0 Å². The van der Waals surface area contributed by atoms with Crippen molar-refractivity contribution in [2.75, 3.05) is 18.5 Å². The summed E-state index contributed by atoms with van der Waals surface area (Å²) < 4.78 is 5.32. The van der Waals surface area contributed by atoms with Crippen molar-refractivity contribution in [2.45, 2.75) is 18.9 Å². The Balaban J connectivity index is 1.96. The molecular formula is C9H13N3O2. The molecule has 76 valence electrons.